The summed E-state index contributed by atoms with van der Waals surface area (Å²) < 4.78 is 5.61. The van der Waals surface area contributed by atoms with Gasteiger partial charge >= 0.3 is 0 Å². The van der Waals surface area contributed by atoms with Gasteiger partial charge in [-0.1, -0.05) is 25.0 Å². The van der Waals surface area contributed by atoms with Crippen LogP contribution >= 0.6 is 0 Å². The van der Waals surface area contributed by atoms with E-state index in [1.807, 2.05) is 29.2 Å². The van der Waals surface area contributed by atoms with E-state index in [0.717, 1.165) is 43.3 Å². The number of amides is 1. The lowest BCUT2D eigenvalue weighted by Crippen LogP contribution is -2.51. The Bertz CT molecular complexity index is 705. The maximum absolute atomic E-state index is 12.4. The molecular weight excluding hydrogens is 302 g/mol. The number of oxazole rings is 1. The van der Waals surface area contributed by atoms with E-state index in [9.17, 15) is 4.79 Å². The Kier molecular flexibility index (Phi) is 4.34. The smallest absolute Gasteiger partial charge is 0.246 e. The minimum absolute atomic E-state index is 0.0447. The first-order chi connectivity index (χ1) is 11.8. The van der Waals surface area contributed by atoms with Gasteiger partial charge in [-0.3, -0.25) is 9.69 Å². The Morgan fingerprint density at radius 3 is 2.62 bits per heavy atom. The molecule has 0 unspecified atom stereocenters. The largest absolute Gasteiger partial charge is 0.437 e. The van der Waals surface area contributed by atoms with Crippen molar-refractivity contribution in [2.45, 2.75) is 31.7 Å². The van der Waals surface area contributed by atoms with Crippen molar-refractivity contribution in [3.05, 3.63) is 36.2 Å². The number of rotatable bonds is 3. The SMILES string of the molecule is O=C(/C=C/c1nc2ccccc2o1)N1CCN(C2CCCC2)CC1. The van der Waals surface area contributed by atoms with Gasteiger partial charge in [0.05, 0.1) is 0 Å². The second-order valence-electron chi connectivity index (χ2n) is 6.65. The highest BCUT2D eigenvalue weighted by atomic mass is 16.3. The van der Waals surface area contributed by atoms with Crippen molar-refractivity contribution in [3.63, 3.8) is 0 Å². The van der Waals surface area contributed by atoms with Crippen LogP contribution < -0.4 is 0 Å². The third-order valence-corrected chi connectivity index (χ3v) is 5.15. The Balaban J connectivity index is 1.34. The minimum atomic E-state index is 0.0447. The second kappa shape index (κ2) is 6.77. The maximum Gasteiger partial charge on any atom is 0.246 e. The van der Waals surface area contributed by atoms with Crippen molar-refractivity contribution < 1.29 is 9.21 Å². The van der Waals surface area contributed by atoms with E-state index in [-0.39, 0.29) is 5.91 Å². The zero-order valence-corrected chi connectivity index (χ0v) is 13.9. The van der Waals surface area contributed by atoms with Crippen LogP contribution in [0.4, 0.5) is 0 Å². The summed E-state index contributed by atoms with van der Waals surface area (Å²) in [5.74, 6) is 0.525. The molecule has 2 aliphatic rings. The number of piperazine rings is 1. The summed E-state index contributed by atoms with van der Waals surface area (Å²) in [6, 6.07) is 8.37. The molecule has 1 aromatic carbocycles. The Morgan fingerprint density at radius 1 is 1.12 bits per heavy atom. The fraction of sp³-hybridized carbons (Fsp3) is 0.474. The summed E-state index contributed by atoms with van der Waals surface area (Å²) >= 11 is 0. The monoisotopic (exact) mass is 325 g/mol. The van der Waals surface area contributed by atoms with E-state index in [0.29, 0.717) is 5.89 Å². The molecular formula is C19H23N3O2. The van der Waals surface area contributed by atoms with Crippen molar-refractivity contribution in [1.29, 1.82) is 0 Å². The van der Waals surface area contributed by atoms with Gasteiger partial charge in [-0.15, -0.1) is 0 Å². The normalized spacial score (nSPS) is 20.4. The summed E-state index contributed by atoms with van der Waals surface area (Å²) in [6.45, 7) is 3.61. The number of nitrogens with zero attached hydrogens (tertiary/aromatic N) is 3. The number of carbonyl (C=O) groups excluding carboxylic acids is 1. The molecule has 1 aromatic heterocycles. The second-order valence-corrected chi connectivity index (χ2v) is 6.65. The summed E-state index contributed by atoms with van der Waals surface area (Å²) in [5.41, 5.74) is 1.56. The number of fused-ring (bicyclic) bond motifs is 1. The molecule has 0 spiro atoms. The van der Waals surface area contributed by atoms with Crippen LogP contribution in [0.2, 0.25) is 0 Å². The Morgan fingerprint density at radius 2 is 1.88 bits per heavy atom. The van der Waals surface area contributed by atoms with E-state index in [1.54, 1.807) is 12.2 Å². The van der Waals surface area contributed by atoms with E-state index < -0.39 is 0 Å². The van der Waals surface area contributed by atoms with Crippen LogP contribution in [0, 0.1) is 0 Å². The van der Waals surface area contributed by atoms with Crippen molar-refractivity contribution in [2.75, 3.05) is 26.2 Å². The summed E-state index contributed by atoms with van der Waals surface area (Å²) in [7, 11) is 0. The molecule has 2 fully saturated rings. The van der Waals surface area contributed by atoms with E-state index >= 15 is 0 Å². The summed E-state index contributed by atoms with van der Waals surface area (Å²) in [4.78, 5) is 21.2. The van der Waals surface area contributed by atoms with Crippen LogP contribution in [-0.4, -0.2) is 52.9 Å². The molecule has 0 bridgehead atoms. The molecule has 1 saturated carbocycles. The number of benzene rings is 1. The first-order valence-electron chi connectivity index (χ1n) is 8.86. The van der Waals surface area contributed by atoms with E-state index in [2.05, 4.69) is 9.88 Å². The quantitative estimate of drug-likeness (QED) is 0.814. The third kappa shape index (κ3) is 3.22. The Hall–Kier alpha value is -2.14. The number of carbonyl (C=O) groups is 1. The van der Waals surface area contributed by atoms with Crippen LogP contribution in [0.1, 0.15) is 31.6 Å². The average Bonchev–Trinajstić information content (AvgIpc) is 3.29. The highest BCUT2D eigenvalue weighted by molar-refractivity contribution is 5.91. The van der Waals surface area contributed by atoms with Gasteiger partial charge in [0, 0.05) is 44.4 Å². The minimum Gasteiger partial charge on any atom is -0.437 e. The van der Waals surface area contributed by atoms with Crippen LogP contribution in [0.15, 0.2) is 34.8 Å². The molecule has 0 radical (unpaired) electrons. The molecule has 0 N–H and O–H groups in total. The van der Waals surface area contributed by atoms with Gasteiger partial charge < -0.3 is 9.32 Å². The van der Waals surface area contributed by atoms with Gasteiger partial charge in [0.15, 0.2) is 5.58 Å². The van der Waals surface area contributed by atoms with Crippen molar-refractivity contribution >= 4 is 23.1 Å². The lowest BCUT2D eigenvalue weighted by atomic mass is 10.2. The zero-order valence-electron chi connectivity index (χ0n) is 13.9. The topological polar surface area (TPSA) is 49.6 Å². The fourth-order valence-corrected chi connectivity index (χ4v) is 3.79. The van der Waals surface area contributed by atoms with Crippen molar-refractivity contribution in [1.82, 2.24) is 14.8 Å². The first kappa shape index (κ1) is 15.4. The van der Waals surface area contributed by atoms with Gasteiger partial charge in [-0.2, -0.15) is 0 Å². The van der Waals surface area contributed by atoms with Gasteiger partial charge in [0.25, 0.3) is 0 Å². The van der Waals surface area contributed by atoms with Crippen molar-refractivity contribution in [2.24, 2.45) is 0 Å². The molecule has 1 aliphatic carbocycles. The Labute approximate surface area is 141 Å². The molecule has 4 rings (SSSR count). The molecule has 24 heavy (non-hydrogen) atoms. The lowest BCUT2D eigenvalue weighted by molar-refractivity contribution is -0.128. The van der Waals surface area contributed by atoms with Gasteiger partial charge in [-0.25, -0.2) is 4.98 Å². The fourth-order valence-electron chi connectivity index (χ4n) is 3.79. The highest BCUT2D eigenvalue weighted by Crippen LogP contribution is 2.24. The van der Waals surface area contributed by atoms with Gasteiger partial charge in [-0.05, 0) is 25.0 Å². The third-order valence-electron chi connectivity index (χ3n) is 5.15. The van der Waals surface area contributed by atoms with E-state index in [1.165, 1.54) is 25.7 Å². The molecule has 2 aromatic rings. The van der Waals surface area contributed by atoms with Gasteiger partial charge in [0.1, 0.15) is 5.52 Å². The maximum atomic E-state index is 12.4. The number of para-hydroxylation sites is 2. The highest BCUT2D eigenvalue weighted by Gasteiger charge is 2.27. The standard InChI is InChI=1S/C19H23N3O2/c23-19(10-9-18-20-16-7-3-4-8-17(16)24-18)22-13-11-21(12-14-22)15-5-1-2-6-15/h3-4,7-10,15H,1-2,5-6,11-14H2/b10-9+. The molecule has 0 atom stereocenters. The molecule has 5 heteroatoms. The number of hydrogen-bond donors (Lipinski definition) is 0. The van der Waals surface area contributed by atoms with E-state index in [4.69, 9.17) is 4.42 Å². The van der Waals surface area contributed by atoms with Crippen LogP contribution in [0.25, 0.3) is 17.2 Å². The molecule has 1 saturated heterocycles. The molecule has 2 heterocycles. The predicted molar refractivity (Wildman–Crippen MR) is 93.5 cm³/mol. The predicted octanol–water partition coefficient (Wildman–Crippen LogP) is 2.93. The summed E-state index contributed by atoms with van der Waals surface area (Å²) in [5, 5.41) is 0. The van der Waals surface area contributed by atoms with Crippen molar-refractivity contribution in [3.8, 4) is 0 Å². The van der Waals surface area contributed by atoms with Gasteiger partial charge in [0.2, 0.25) is 11.8 Å². The molecule has 5 nitrogen and oxygen atoms in total. The van der Waals surface area contributed by atoms with Crippen LogP contribution in [0.3, 0.4) is 0 Å². The average molecular weight is 325 g/mol. The van der Waals surface area contributed by atoms with Crippen LogP contribution in [-0.2, 0) is 4.79 Å². The number of aromatic nitrogens is 1. The molecule has 1 aliphatic heterocycles. The first-order valence-corrected chi connectivity index (χ1v) is 8.86. The molecule has 126 valence electrons. The zero-order chi connectivity index (χ0) is 16.4. The lowest BCUT2D eigenvalue weighted by Gasteiger charge is -2.37. The molecule has 1 amide bonds. The summed E-state index contributed by atoms with van der Waals surface area (Å²) in [6.07, 6.45) is 8.62. The number of hydrogen-bond acceptors (Lipinski definition) is 4. The van der Waals surface area contributed by atoms with Crippen LogP contribution in [0.5, 0.6) is 0 Å².